The molecule has 0 atom stereocenters. The van der Waals surface area contributed by atoms with Gasteiger partial charge in [-0.3, -0.25) is 9.78 Å². The molecule has 124 valence electrons. The molecule has 0 saturated heterocycles. The molecule has 0 radical (unpaired) electrons. The number of carbonyl (C=O) groups excluding carboxylic acids is 1. The number of aryl methyl sites for hydroxylation is 1. The molecule has 0 unspecified atom stereocenters. The standard InChI is InChI=1S/C15H18N2O5S/c1-11-4-5-12(9-16-11)8-14(18)21-10-13-6-7-15(22-13)23(19,20)17(2)3/h4-7,9H,8,10H2,1-3H3. The van der Waals surface area contributed by atoms with Crippen molar-refractivity contribution in [2.75, 3.05) is 14.1 Å². The summed E-state index contributed by atoms with van der Waals surface area (Å²) in [6.07, 6.45) is 1.71. The lowest BCUT2D eigenvalue weighted by molar-refractivity contribution is -0.144. The van der Waals surface area contributed by atoms with Crippen LogP contribution in [0.4, 0.5) is 0 Å². The number of nitrogens with zero attached hydrogens (tertiary/aromatic N) is 2. The van der Waals surface area contributed by atoms with E-state index < -0.39 is 16.0 Å². The molecule has 7 nitrogen and oxygen atoms in total. The minimum Gasteiger partial charge on any atom is -0.457 e. The fourth-order valence-corrected chi connectivity index (χ4v) is 2.54. The van der Waals surface area contributed by atoms with Gasteiger partial charge in [0.2, 0.25) is 5.09 Å². The summed E-state index contributed by atoms with van der Waals surface area (Å²) in [6, 6.07) is 6.42. The van der Waals surface area contributed by atoms with Gasteiger partial charge in [-0.05, 0) is 30.7 Å². The zero-order chi connectivity index (χ0) is 17.0. The lowest BCUT2D eigenvalue weighted by Gasteiger charge is -2.08. The number of carbonyl (C=O) groups is 1. The predicted octanol–water partition coefficient (Wildman–Crippen LogP) is 1.52. The summed E-state index contributed by atoms with van der Waals surface area (Å²) < 4.78 is 35.1. The van der Waals surface area contributed by atoms with Crippen molar-refractivity contribution in [2.45, 2.75) is 25.0 Å². The summed E-state index contributed by atoms with van der Waals surface area (Å²) in [5.41, 5.74) is 1.61. The molecule has 23 heavy (non-hydrogen) atoms. The molecule has 0 aromatic carbocycles. The van der Waals surface area contributed by atoms with Crippen molar-refractivity contribution < 1.29 is 22.4 Å². The van der Waals surface area contributed by atoms with Gasteiger partial charge >= 0.3 is 5.97 Å². The van der Waals surface area contributed by atoms with Crippen LogP contribution < -0.4 is 0 Å². The molecule has 8 heteroatoms. The quantitative estimate of drug-likeness (QED) is 0.742. The van der Waals surface area contributed by atoms with Crippen LogP contribution in [0.2, 0.25) is 0 Å². The Bertz CT molecular complexity index is 778. The van der Waals surface area contributed by atoms with E-state index in [-0.39, 0.29) is 23.9 Å². The van der Waals surface area contributed by atoms with Crippen molar-refractivity contribution in [2.24, 2.45) is 0 Å². The number of rotatable bonds is 6. The van der Waals surface area contributed by atoms with Gasteiger partial charge in [0, 0.05) is 26.0 Å². The largest absolute Gasteiger partial charge is 0.457 e. The van der Waals surface area contributed by atoms with Crippen LogP contribution in [0.5, 0.6) is 0 Å². The summed E-state index contributed by atoms with van der Waals surface area (Å²) in [6.45, 7) is 1.74. The molecule has 0 bridgehead atoms. The Kier molecular flexibility index (Phi) is 5.17. The normalized spacial score (nSPS) is 11.7. The van der Waals surface area contributed by atoms with Crippen LogP contribution in [-0.4, -0.2) is 37.8 Å². The maximum Gasteiger partial charge on any atom is 0.310 e. The molecule has 0 aliphatic heterocycles. The number of sulfonamides is 1. The van der Waals surface area contributed by atoms with Crippen molar-refractivity contribution in [3.8, 4) is 0 Å². The van der Waals surface area contributed by atoms with Crippen LogP contribution in [0.25, 0.3) is 0 Å². The Morgan fingerprint density at radius 2 is 2.00 bits per heavy atom. The van der Waals surface area contributed by atoms with Crippen LogP contribution in [-0.2, 0) is 32.6 Å². The Labute approximate surface area is 134 Å². The Hall–Kier alpha value is -2.19. The number of pyridine rings is 1. The lowest BCUT2D eigenvalue weighted by atomic mass is 10.2. The van der Waals surface area contributed by atoms with Crippen LogP contribution >= 0.6 is 0 Å². The fourth-order valence-electron chi connectivity index (χ4n) is 1.73. The Balaban J connectivity index is 1.92. The van der Waals surface area contributed by atoms with Crippen LogP contribution in [0.15, 0.2) is 40.0 Å². The van der Waals surface area contributed by atoms with Gasteiger partial charge < -0.3 is 9.15 Å². The van der Waals surface area contributed by atoms with E-state index in [1.807, 2.05) is 13.0 Å². The van der Waals surface area contributed by atoms with Gasteiger partial charge in [0.1, 0.15) is 12.4 Å². The van der Waals surface area contributed by atoms with Gasteiger partial charge in [0.25, 0.3) is 10.0 Å². The number of hydrogen-bond donors (Lipinski definition) is 0. The molecule has 2 aromatic heterocycles. The first kappa shape index (κ1) is 17.2. The first-order valence-electron chi connectivity index (χ1n) is 6.87. The molecule has 0 aliphatic rings. The first-order valence-corrected chi connectivity index (χ1v) is 8.31. The molecule has 2 aromatic rings. The van der Waals surface area contributed by atoms with Crippen LogP contribution in [0.1, 0.15) is 17.0 Å². The highest BCUT2D eigenvalue weighted by Gasteiger charge is 2.21. The third-order valence-corrected chi connectivity index (χ3v) is 4.76. The van der Waals surface area contributed by atoms with E-state index in [2.05, 4.69) is 4.98 Å². The van der Waals surface area contributed by atoms with Crippen molar-refractivity contribution in [1.29, 1.82) is 0 Å². The monoisotopic (exact) mass is 338 g/mol. The third kappa shape index (κ3) is 4.40. The van der Waals surface area contributed by atoms with E-state index in [1.165, 1.54) is 26.2 Å². The SMILES string of the molecule is Cc1ccc(CC(=O)OCc2ccc(S(=O)(=O)N(C)C)o2)cn1. The van der Waals surface area contributed by atoms with Gasteiger partial charge in [-0.25, -0.2) is 12.7 Å². The van der Waals surface area contributed by atoms with E-state index in [0.717, 1.165) is 15.6 Å². The summed E-state index contributed by atoms with van der Waals surface area (Å²) in [5, 5.41) is -0.184. The first-order chi connectivity index (χ1) is 10.8. The molecule has 0 spiro atoms. The van der Waals surface area contributed by atoms with Crippen molar-refractivity contribution in [3.05, 3.63) is 47.5 Å². The van der Waals surface area contributed by atoms with E-state index in [4.69, 9.17) is 9.15 Å². The molecule has 2 rings (SSSR count). The molecule has 0 N–H and O–H groups in total. The predicted molar refractivity (Wildman–Crippen MR) is 82.1 cm³/mol. The summed E-state index contributed by atoms with van der Waals surface area (Å²) >= 11 is 0. The minimum atomic E-state index is -3.63. The number of furan rings is 1. The molecule has 0 amide bonds. The molecular formula is C15H18N2O5S. The second kappa shape index (κ2) is 6.93. The van der Waals surface area contributed by atoms with E-state index in [0.29, 0.717) is 0 Å². The minimum absolute atomic E-state index is 0.0941. The van der Waals surface area contributed by atoms with Crippen molar-refractivity contribution in [1.82, 2.24) is 9.29 Å². The van der Waals surface area contributed by atoms with Crippen LogP contribution in [0, 0.1) is 6.92 Å². The van der Waals surface area contributed by atoms with Crippen molar-refractivity contribution >= 4 is 16.0 Å². The highest BCUT2D eigenvalue weighted by Crippen LogP contribution is 2.17. The van der Waals surface area contributed by atoms with Gasteiger partial charge in [-0.2, -0.15) is 0 Å². The lowest BCUT2D eigenvalue weighted by Crippen LogP contribution is -2.21. The maximum absolute atomic E-state index is 11.9. The van der Waals surface area contributed by atoms with Gasteiger partial charge in [0.05, 0.1) is 6.42 Å². The van der Waals surface area contributed by atoms with Gasteiger partial charge in [-0.1, -0.05) is 6.07 Å². The number of hydrogen-bond acceptors (Lipinski definition) is 6. The maximum atomic E-state index is 11.9. The highest BCUT2D eigenvalue weighted by molar-refractivity contribution is 7.88. The smallest absolute Gasteiger partial charge is 0.310 e. The molecular weight excluding hydrogens is 320 g/mol. The highest BCUT2D eigenvalue weighted by atomic mass is 32.2. The summed E-state index contributed by atoms with van der Waals surface area (Å²) in [5.74, 6) is -0.176. The average Bonchev–Trinajstić information content (AvgIpc) is 2.97. The molecule has 0 fully saturated rings. The molecule has 0 aliphatic carbocycles. The molecule has 0 saturated carbocycles. The van der Waals surface area contributed by atoms with E-state index in [9.17, 15) is 13.2 Å². The zero-order valence-electron chi connectivity index (χ0n) is 13.1. The molecule has 2 heterocycles. The number of aromatic nitrogens is 1. The summed E-state index contributed by atoms with van der Waals surface area (Å²) in [7, 11) is -0.810. The second-order valence-electron chi connectivity index (χ2n) is 5.15. The second-order valence-corrected chi connectivity index (χ2v) is 7.24. The number of ether oxygens (including phenoxy) is 1. The van der Waals surface area contributed by atoms with Crippen molar-refractivity contribution in [3.63, 3.8) is 0 Å². The average molecular weight is 338 g/mol. The van der Waals surface area contributed by atoms with E-state index >= 15 is 0 Å². The Morgan fingerprint density at radius 3 is 2.61 bits per heavy atom. The van der Waals surface area contributed by atoms with E-state index in [1.54, 1.807) is 12.3 Å². The fraction of sp³-hybridized carbons (Fsp3) is 0.333. The topological polar surface area (TPSA) is 89.7 Å². The summed E-state index contributed by atoms with van der Waals surface area (Å²) in [4.78, 5) is 15.9. The van der Waals surface area contributed by atoms with Gasteiger partial charge in [0.15, 0.2) is 0 Å². The number of esters is 1. The van der Waals surface area contributed by atoms with Gasteiger partial charge in [-0.15, -0.1) is 0 Å². The third-order valence-electron chi connectivity index (χ3n) is 3.07. The Morgan fingerprint density at radius 1 is 1.26 bits per heavy atom. The van der Waals surface area contributed by atoms with Crippen LogP contribution in [0.3, 0.4) is 0 Å². The zero-order valence-corrected chi connectivity index (χ0v) is 14.0.